The zero-order chi connectivity index (χ0) is 15.4. The second-order valence-electron chi connectivity index (χ2n) is 4.32. The SMILES string of the molecule is Fc1cccc(F)c1Nc1nnc(COc2ccccc2)o1. The van der Waals surface area contributed by atoms with Gasteiger partial charge in [-0.1, -0.05) is 29.4 Å². The quantitative estimate of drug-likeness (QED) is 0.779. The number of aromatic nitrogens is 2. The summed E-state index contributed by atoms with van der Waals surface area (Å²) in [4.78, 5) is 0. The number of rotatable bonds is 5. The molecule has 112 valence electrons. The first-order chi connectivity index (χ1) is 10.7. The van der Waals surface area contributed by atoms with Crippen LogP contribution in [0.15, 0.2) is 52.9 Å². The van der Waals surface area contributed by atoms with Gasteiger partial charge in [-0.15, -0.1) is 5.10 Å². The van der Waals surface area contributed by atoms with E-state index in [1.807, 2.05) is 18.2 Å². The van der Waals surface area contributed by atoms with Gasteiger partial charge in [0.05, 0.1) is 0 Å². The van der Waals surface area contributed by atoms with Crippen LogP contribution >= 0.6 is 0 Å². The summed E-state index contributed by atoms with van der Waals surface area (Å²) in [5.74, 6) is -0.668. The smallest absolute Gasteiger partial charge is 0.320 e. The molecule has 7 heteroatoms. The molecule has 0 aliphatic heterocycles. The Morgan fingerprint density at radius 2 is 1.68 bits per heavy atom. The van der Waals surface area contributed by atoms with Gasteiger partial charge in [0, 0.05) is 0 Å². The third kappa shape index (κ3) is 3.20. The molecular weight excluding hydrogens is 292 g/mol. The van der Waals surface area contributed by atoms with Gasteiger partial charge in [0.15, 0.2) is 6.61 Å². The molecule has 0 amide bonds. The number of ether oxygens (including phenoxy) is 1. The highest BCUT2D eigenvalue weighted by Gasteiger charge is 2.13. The van der Waals surface area contributed by atoms with Gasteiger partial charge in [-0.3, -0.25) is 0 Å². The predicted octanol–water partition coefficient (Wildman–Crippen LogP) is 3.67. The number of halogens is 2. The minimum absolute atomic E-state index is 0.0540. The van der Waals surface area contributed by atoms with Gasteiger partial charge in [0.2, 0.25) is 0 Å². The molecule has 5 nitrogen and oxygen atoms in total. The van der Waals surface area contributed by atoms with Crippen molar-refractivity contribution in [1.82, 2.24) is 10.2 Å². The highest BCUT2D eigenvalue weighted by atomic mass is 19.1. The Morgan fingerprint density at radius 1 is 0.955 bits per heavy atom. The summed E-state index contributed by atoms with van der Waals surface area (Å²) in [7, 11) is 0. The molecule has 0 radical (unpaired) electrons. The third-order valence-corrected chi connectivity index (χ3v) is 2.77. The Morgan fingerprint density at radius 3 is 2.41 bits per heavy atom. The van der Waals surface area contributed by atoms with Gasteiger partial charge in [-0.25, -0.2) is 8.78 Å². The van der Waals surface area contributed by atoms with Crippen LogP contribution in [0, 0.1) is 11.6 Å². The molecule has 0 aliphatic carbocycles. The van der Waals surface area contributed by atoms with E-state index in [4.69, 9.17) is 9.15 Å². The molecule has 0 atom stereocenters. The molecule has 3 rings (SSSR count). The van der Waals surface area contributed by atoms with Gasteiger partial charge in [0.1, 0.15) is 23.1 Å². The minimum Gasteiger partial charge on any atom is -0.484 e. The van der Waals surface area contributed by atoms with E-state index in [0.717, 1.165) is 12.1 Å². The summed E-state index contributed by atoms with van der Waals surface area (Å²) in [6.07, 6.45) is 0. The Bertz CT molecular complexity index is 742. The predicted molar refractivity (Wildman–Crippen MR) is 74.7 cm³/mol. The van der Waals surface area contributed by atoms with Gasteiger partial charge in [-0.2, -0.15) is 0 Å². The van der Waals surface area contributed by atoms with Crippen molar-refractivity contribution < 1.29 is 17.9 Å². The average Bonchev–Trinajstić information content (AvgIpc) is 2.98. The largest absolute Gasteiger partial charge is 0.484 e. The Labute approximate surface area is 124 Å². The monoisotopic (exact) mass is 303 g/mol. The van der Waals surface area contributed by atoms with Crippen LogP contribution < -0.4 is 10.1 Å². The molecule has 0 spiro atoms. The molecule has 3 aromatic rings. The molecule has 0 bridgehead atoms. The standard InChI is InChI=1S/C15H11F2N3O2/c16-11-7-4-8-12(17)14(11)18-15-20-19-13(22-15)9-21-10-5-2-1-3-6-10/h1-8H,9H2,(H,18,20). The van der Waals surface area contributed by atoms with E-state index < -0.39 is 11.6 Å². The average molecular weight is 303 g/mol. The van der Waals surface area contributed by atoms with Crippen LogP contribution in [0.5, 0.6) is 5.75 Å². The highest BCUT2D eigenvalue weighted by molar-refractivity contribution is 5.53. The van der Waals surface area contributed by atoms with Crippen molar-refractivity contribution >= 4 is 11.7 Å². The zero-order valence-corrected chi connectivity index (χ0v) is 11.3. The fourth-order valence-corrected chi connectivity index (χ4v) is 1.75. The maximum atomic E-state index is 13.5. The van der Waals surface area contributed by atoms with E-state index in [9.17, 15) is 8.78 Å². The van der Waals surface area contributed by atoms with E-state index in [0.29, 0.717) is 5.75 Å². The Balaban J connectivity index is 1.66. The number of nitrogens with zero attached hydrogens (tertiary/aromatic N) is 2. The fourth-order valence-electron chi connectivity index (χ4n) is 1.75. The lowest BCUT2D eigenvalue weighted by Gasteiger charge is -2.04. The van der Waals surface area contributed by atoms with Crippen LogP contribution in [-0.2, 0) is 6.61 Å². The van der Waals surface area contributed by atoms with Crippen molar-refractivity contribution in [2.45, 2.75) is 6.61 Å². The lowest BCUT2D eigenvalue weighted by Crippen LogP contribution is -1.97. The first kappa shape index (κ1) is 14.0. The Kier molecular flexibility index (Phi) is 3.95. The molecule has 2 aromatic carbocycles. The molecule has 0 saturated carbocycles. The van der Waals surface area contributed by atoms with Crippen molar-refractivity contribution in [3.63, 3.8) is 0 Å². The van der Waals surface area contributed by atoms with Crippen molar-refractivity contribution in [3.05, 3.63) is 66.1 Å². The van der Waals surface area contributed by atoms with Gasteiger partial charge in [0.25, 0.3) is 5.89 Å². The Hall–Kier alpha value is -2.96. The van der Waals surface area contributed by atoms with E-state index in [2.05, 4.69) is 15.5 Å². The third-order valence-electron chi connectivity index (χ3n) is 2.77. The van der Waals surface area contributed by atoms with E-state index in [1.54, 1.807) is 12.1 Å². The molecule has 0 aliphatic rings. The minimum atomic E-state index is -0.750. The van der Waals surface area contributed by atoms with E-state index in [-0.39, 0.29) is 24.2 Å². The summed E-state index contributed by atoms with van der Waals surface area (Å²) in [6, 6.07) is 12.5. The van der Waals surface area contributed by atoms with Crippen LogP contribution in [0.4, 0.5) is 20.5 Å². The van der Waals surface area contributed by atoms with Crippen LogP contribution in [-0.4, -0.2) is 10.2 Å². The second-order valence-corrected chi connectivity index (χ2v) is 4.32. The van der Waals surface area contributed by atoms with Gasteiger partial charge < -0.3 is 14.5 Å². The molecule has 22 heavy (non-hydrogen) atoms. The molecule has 0 fully saturated rings. The summed E-state index contributed by atoms with van der Waals surface area (Å²) < 4.78 is 37.6. The van der Waals surface area contributed by atoms with Gasteiger partial charge >= 0.3 is 6.01 Å². The molecule has 0 saturated heterocycles. The van der Waals surface area contributed by atoms with Crippen molar-refractivity contribution in [2.75, 3.05) is 5.32 Å². The van der Waals surface area contributed by atoms with Gasteiger partial charge in [-0.05, 0) is 24.3 Å². The highest BCUT2D eigenvalue weighted by Crippen LogP contribution is 2.22. The molecule has 0 unspecified atom stereocenters. The van der Waals surface area contributed by atoms with Crippen LogP contribution in [0.3, 0.4) is 0 Å². The maximum Gasteiger partial charge on any atom is 0.320 e. The lowest BCUT2D eigenvalue weighted by atomic mass is 10.3. The summed E-state index contributed by atoms with van der Waals surface area (Å²) >= 11 is 0. The number of anilines is 2. The first-order valence-electron chi connectivity index (χ1n) is 6.43. The normalized spacial score (nSPS) is 10.5. The molecular formula is C15H11F2N3O2. The van der Waals surface area contributed by atoms with Crippen LogP contribution in [0.25, 0.3) is 0 Å². The van der Waals surface area contributed by atoms with Crippen LogP contribution in [0.1, 0.15) is 5.89 Å². The second kappa shape index (κ2) is 6.21. The van der Waals surface area contributed by atoms with Crippen molar-refractivity contribution in [1.29, 1.82) is 0 Å². The summed E-state index contributed by atoms with van der Waals surface area (Å²) in [6.45, 7) is 0.0540. The first-order valence-corrected chi connectivity index (χ1v) is 6.43. The zero-order valence-electron chi connectivity index (χ0n) is 11.3. The summed E-state index contributed by atoms with van der Waals surface area (Å²) in [5.41, 5.74) is -0.346. The number of para-hydroxylation sites is 2. The van der Waals surface area contributed by atoms with Crippen molar-refractivity contribution in [3.8, 4) is 5.75 Å². The lowest BCUT2D eigenvalue weighted by molar-refractivity contribution is 0.265. The van der Waals surface area contributed by atoms with E-state index >= 15 is 0 Å². The topological polar surface area (TPSA) is 60.2 Å². The number of nitrogens with one attached hydrogen (secondary N) is 1. The molecule has 1 N–H and O–H groups in total. The van der Waals surface area contributed by atoms with Crippen LogP contribution in [0.2, 0.25) is 0 Å². The van der Waals surface area contributed by atoms with E-state index in [1.165, 1.54) is 6.07 Å². The molecule has 1 heterocycles. The number of hydrogen-bond donors (Lipinski definition) is 1. The molecule has 1 aromatic heterocycles. The van der Waals surface area contributed by atoms with Crippen molar-refractivity contribution in [2.24, 2.45) is 0 Å². The fraction of sp³-hybridized carbons (Fsp3) is 0.0667. The maximum absolute atomic E-state index is 13.5. The number of benzene rings is 2. The summed E-state index contributed by atoms with van der Waals surface area (Å²) in [5, 5.41) is 9.82. The number of hydrogen-bond acceptors (Lipinski definition) is 5.